The molecule has 7 heteroatoms. The third-order valence-corrected chi connectivity index (χ3v) is 4.43. The molecule has 0 bridgehead atoms. The summed E-state index contributed by atoms with van der Waals surface area (Å²) in [5, 5.41) is 5.58. The minimum absolute atomic E-state index is 0.452. The topological polar surface area (TPSA) is 81.1 Å². The molecule has 0 amide bonds. The van der Waals surface area contributed by atoms with Crippen LogP contribution in [0, 0.1) is 0 Å². The number of nitrogens with zero attached hydrogens (tertiary/aromatic N) is 4. The maximum Gasteiger partial charge on any atom is 0.167 e. The molecule has 2 aromatic heterocycles. The number of nitrogen functional groups attached to an aromatic ring is 1. The van der Waals surface area contributed by atoms with Crippen LogP contribution in [0.15, 0.2) is 59.1 Å². The van der Waals surface area contributed by atoms with Gasteiger partial charge >= 0.3 is 0 Å². The lowest BCUT2D eigenvalue weighted by Crippen LogP contribution is -2.19. The Kier molecular flexibility index (Phi) is 4.75. The van der Waals surface area contributed by atoms with Crippen LogP contribution in [0.3, 0.4) is 0 Å². The van der Waals surface area contributed by atoms with Gasteiger partial charge in [-0.25, -0.2) is 9.97 Å². The molecule has 0 unspecified atom stereocenters. The zero-order valence-electron chi connectivity index (χ0n) is 14.8. The molecule has 0 radical (unpaired) electrons. The van der Waals surface area contributed by atoms with Crippen molar-refractivity contribution in [3.63, 3.8) is 0 Å². The number of nitrogens with two attached hydrogens (primary N) is 1. The van der Waals surface area contributed by atoms with Crippen molar-refractivity contribution in [2.24, 2.45) is 0 Å². The number of hydrogen-bond donors (Lipinski definition) is 1. The first-order chi connectivity index (χ1) is 13.1. The number of hydrogen-bond acceptors (Lipinski definition) is 6. The highest BCUT2D eigenvalue weighted by atomic mass is 35.5. The molecule has 0 saturated heterocycles. The molecule has 0 aliphatic heterocycles. The van der Waals surface area contributed by atoms with E-state index in [0.29, 0.717) is 29.8 Å². The van der Waals surface area contributed by atoms with Crippen LogP contribution in [-0.4, -0.2) is 27.1 Å². The van der Waals surface area contributed by atoms with Crippen molar-refractivity contribution >= 4 is 28.3 Å². The minimum atomic E-state index is 0.452. The van der Waals surface area contributed by atoms with Gasteiger partial charge in [-0.15, -0.1) is 0 Å². The number of benzene rings is 2. The zero-order chi connectivity index (χ0) is 18.8. The van der Waals surface area contributed by atoms with E-state index in [1.165, 1.54) is 0 Å². The Labute approximate surface area is 161 Å². The first-order valence-electron chi connectivity index (χ1n) is 8.50. The third-order valence-electron chi connectivity index (χ3n) is 4.20. The summed E-state index contributed by atoms with van der Waals surface area (Å²) in [6.07, 6.45) is 0. The second kappa shape index (κ2) is 7.34. The molecular weight excluding hydrogens is 362 g/mol. The molecule has 2 heterocycles. The van der Waals surface area contributed by atoms with Gasteiger partial charge in [0.25, 0.3) is 0 Å². The van der Waals surface area contributed by atoms with E-state index in [4.69, 9.17) is 21.9 Å². The zero-order valence-corrected chi connectivity index (χ0v) is 15.5. The Hall–Kier alpha value is -2.96. The van der Waals surface area contributed by atoms with Crippen molar-refractivity contribution in [3.05, 3.63) is 71.1 Å². The van der Waals surface area contributed by atoms with Gasteiger partial charge < -0.3 is 10.3 Å². The predicted molar refractivity (Wildman–Crippen MR) is 106 cm³/mol. The maximum atomic E-state index is 6.06. The predicted octanol–water partition coefficient (Wildman–Crippen LogP) is 4.15. The Morgan fingerprint density at radius 1 is 1.04 bits per heavy atom. The van der Waals surface area contributed by atoms with E-state index >= 15 is 0 Å². The largest absolute Gasteiger partial charge is 0.383 e. The highest BCUT2D eigenvalue weighted by Gasteiger charge is 2.12. The molecule has 2 aromatic carbocycles. The van der Waals surface area contributed by atoms with E-state index in [-0.39, 0.29) is 0 Å². The second-order valence-corrected chi connectivity index (χ2v) is 6.84. The monoisotopic (exact) mass is 379 g/mol. The van der Waals surface area contributed by atoms with Crippen LogP contribution in [0.25, 0.3) is 22.2 Å². The molecule has 0 aliphatic carbocycles. The minimum Gasteiger partial charge on any atom is -0.383 e. The quantitative estimate of drug-likeness (QED) is 0.561. The fraction of sp³-hybridized carbons (Fsp3) is 0.150. The van der Waals surface area contributed by atoms with Gasteiger partial charge in [0.1, 0.15) is 11.6 Å². The summed E-state index contributed by atoms with van der Waals surface area (Å²) in [5.74, 6) is 1.84. The summed E-state index contributed by atoms with van der Waals surface area (Å²) in [7, 11) is 1.97. The summed E-state index contributed by atoms with van der Waals surface area (Å²) >= 11 is 6.06. The smallest absolute Gasteiger partial charge is 0.167 e. The first-order valence-corrected chi connectivity index (χ1v) is 8.87. The van der Waals surface area contributed by atoms with E-state index in [1.54, 1.807) is 12.1 Å². The molecule has 6 nitrogen and oxygen atoms in total. The fourth-order valence-electron chi connectivity index (χ4n) is 2.95. The number of anilines is 1. The Morgan fingerprint density at radius 2 is 1.85 bits per heavy atom. The van der Waals surface area contributed by atoms with E-state index < -0.39 is 0 Å². The van der Waals surface area contributed by atoms with Crippen LogP contribution >= 0.6 is 11.6 Å². The first kappa shape index (κ1) is 17.5. The lowest BCUT2D eigenvalue weighted by molar-refractivity contribution is 0.298. The van der Waals surface area contributed by atoms with Gasteiger partial charge in [0.05, 0.1) is 17.8 Å². The summed E-state index contributed by atoms with van der Waals surface area (Å²) in [6.45, 7) is 1.13. The lowest BCUT2D eigenvalue weighted by Gasteiger charge is -2.14. The van der Waals surface area contributed by atoms with Gasteiger partial charge in [0.2, 0.25) is 0 Å². The van der Waals surface area contributed by atoms with Crippen LogP contribution in [0.5, 0.6) is 0 Å². The molecule has 0 fully saturated rings. The van der Waals surface area contributed by atoms with Crippen molar-refractivity contribution in [1.82, 2.24) is 20.0 Å². The van der Waals surface area contributed by atoms with Crippen LogP contribution in [0.2, 0.25) is 5.02 Å². The van der Waals surface area contributed by atoms with Gasteiger partial charge in [-0.05, 0) is 25.2 Å². The molecule has 0 aliphatic rings. The SMILES string of the molecule is CN(Cc1cc(-c2ccccc2)on1)Cc1nc(N)c2ccc(Cl)cc2n1. The average molecular weight is 380 g/mol. The average Bonchev–Trinajstić information content (AvgIpc) is 3.10. The van der Waals surface area contributed by atoms with E-state index in [2.05, 4.69) is 20.0 Å². The van der Waals surface area contributed by atoms with Gasteiger partial charge in [0.15, 0.2) is 5.76 Å². The molecule has 27 heavy (non-hydrogen) atoms. The highest BCUT2D eigenvalue weighted by Crippen LogP contribution is 2.23. The number of halogens is 1. The van der Waals surface area contributed by atoms with Crippen LogP contribution in [0.1, 0.15) is 11.5 Å². The van der Waals surface area contributed by atoms with Gasteiger partial charge in [-0.3, -0.25) is 4.90 Å². The fourth-order valence-corrected chi connectivity index (χ4v) is 3.11. The summed E-state index contributed by atoms with van der Waals surface area (Å²) < 4.78 is 5.45. The second-order valence-electron chi connectivity index (χ2n) is 6.41. The highest BCUT2D eigenvalue weighted by molar-refractivity contribution is 6.31. The van der Waals surface area contributed by atoms with Crippen molar-refractivity contribution in [2.75, 3.05) is 12.8 Å². The molecule has 0 atom stereocenters. The van der Waals surface area contributed by atoms with Gasteiger partial charge in [0, 0.05) is 28.6 Å². The van der Waals surface area contributed by atoms with E-state index in [9.17, 15) is 0 Å². The number of fused-ring (bicyclic) bond motifs is 1. The van der Waals surface area contributed by atoms with Crippen molar-refractivity contribution < 1.29 is 4.52 Å². The Morgan fingerprint density at radius 3 is 2.67 bits per heavy atom. The Bertz CT molecular complexity index is 1080. The van der Waals surface area contributed by atoms with Crippen LogP contribution in [-0.2, 0) is 13.1 Å². The Balaban J connectivity index is 1.49. The summed E-state index contributed by atoms with van der Waals surface area (Å²) in [4.78, 5) is 11.0. The third kappa shape index (κ3) is 3.92. The molecule has 0 spiro atoms. The van der Waals surface area contributed by atoms with Crippen molar-refractivity contribution in [1.29, 1.82) is 0 Å². The van der Waals surface area contributed by atoms with E-state index in [1.807, 2.05) is 49.5 Å². The van der Waals surface area contributed by atoms with Gasteiger partial charge in [-0.2, -0.15) is 0 Å². The summed E-state index contributed by atoms with van der Waals surface area (Å²) in [6, 6.07) is 17.2. The molecule has 4 aromatic rings. The van der Waals surface area contributed by atoms with Crippen LogP contribution in [0.4, 0.5) is 5.82 Å². The molecule has 136 valence electrons. The number of aromatic nitrogens is 3. The normalized spacial score (nSPS) is 11.4. The van der Waals surface area contributed by atoms with Gasteiger partial charge in [-0.1, -0.05) is 47.1 Å². The molecule has 2 N–H and O–H groups in total. The molecular formula is C20H18ClN5O. The maximum absolute atomic E-state index is 6.06. The van der Waals surface area contributed by atoms with E-state index in [0.717, 1.165) is 27.9 Å². The molecule has 4 rings (SSSR count). The number of rotatable bonds is 5. The molecule has 0 saturated carbocycles. The van der Waals surface area contributed by atoms with Crippen molar-refractivity contribution in [2.45, 2.75) is 13.1 Å². The lowest BCUT2D eigenvalue weighted by atomic mass is 10.1. The van der Waals surface area contributed by atoms with Crippen molar-refractivity contribution in [3.8, 4) is 11.3 Å². The summed E-state index contributed by atoms with van der Waals surface area (Å²) in [5.41, 5.74) is 8.65. The van der Waals surface area contributed by atoms with Crippen LogP contribution < -0.4 is 5.73 Å². The standard InChI is InChI=1S/C20H18ClN5O/c1-26(11-15-10-18(27-25-15)13-5-3-2-4-6-13)12-19-23-17-9-14(21)7-8-16(17)20(22)24-19/h2-10H,11-12H2,1H3,(H2,22,23,24).